The van der Waals surface area contributed by atoms with Crippen LogP contribution in [0.5, 0.6) is 0 Å². The SMILES string of the molecule is CC(C)(CN)N1C(=O)CSc2ccc(CN)cc21. The Kier molecular flexibility index (Phi) is 3.66. The highest BCUT2D eigenvalue weighted by molar-refractivity contribution is 8.00. The van der Waals surface area contributed by atoms with Gasteiger partial charge < -0.3 is 16.4 Å². The van der Waals surface area contributed by atoms with E-state index in [9.17, 15) is 4.79 Å². The minimum atomic E-state index is -0.375. The third-order valence-electron chi connectivity index (χ3n) is 3.21. The summed E-state index contributed by atoms with van der Waals surface area (Å²) in [6.45, 7) is 4.87. The molecule has 18 heavy (non-hydrogen) atoms. The van der Waals surface area contributed by atoms with Crippen molar-refractivity contribution in [2.24, 2.45) is 11.5 Å². The van der Waals surface area contributed by atoms with Crippen LogP contribution in [0, 0.1) is 0 Å². The van der Waals surface area contributed by atoms with Crippen molar-refractivity contribution in [1.29, 1.82) is 0 Å². The average molecular weight is 265 g/mol. The van der Waals surface area contributed by atoms with Gasteiger partial charge in [0, 0.05) is 18.0 Å². The van der Waals surface area contributed by atoms with E-state index in [1.807, 2.05) is 36.9 Å². The van der Waals surface area contributed by atoms with E-state index in [0.29, 0.717) is 18.8 Å². The summed E-state index contributed by atoms with van der Waals surface area (Å²) in [7, 11) is 0. The topological polar surface area (TPSA) is 72.3 Å². The van der Waals surface area contributed by atoms with Gasteiger partial charge in [0.15, 0.2) is 0 Å². The van der Waals surface area contributed by atoms with Crippen molar-refractivity contribution in [3.05, 3.63) is 23.8 Å². The number of carbonyl (C=O) groups excluding carboxylic acids is 1. The first-order chi connectivity index (χ1) is 8.49. The van der Waals surface area contributed by atoms with Gasteiger partial charge in [-0.2, -0.15) is 0 Å². The first-order valence-electron chi connectivity index (χ1n) is 5.98. The third-order valence-corrected chi connectivity index (χ3v) is 4.25. The fourth-order valence-corrected chi connectivity index (χ4v) is 2.95. The fourth-order valence-electron chi connectivity index (χ4n) is 2.08. The maximum Gasteiger partial charge on any atom is 0.237 e. The zero-order chi connectivity index (χ0) is 13.3. The highest BCUT2D eigenvalue weighted by Crippen LogP contribution is 2.39. The number of amides is 1. The van der Waals surface area contributed by atoms with Gasteiger partial charge in [-0.1, -0.05) is 6.07 Å². The largest absolute Gasteiger partial charge is 0.328 e. The van der Waals surface area contributed by atoms with Crippen molar-refractivity contribution < 1.29 is 4.79 Å². The van der Waals surface area contributed by atoms with Gasteiger partial charge in [0.25, 0.3) is 0 Å². The summed E-state index contributed by atoms with van der Waals surface area (Å²) in [5.41, 5.74) is 13.1. The second-order valence-corrected chi connectivity index (χ2v) is 6.06. The van der Waals surface area contributed by atoms with E-state index in [0.717, 1.165) is 16.1 Å². The number of nitrogens with two attached hydrogens (primary N) is 2. The van der Waals surface area contributed by atoms with Gasteiger partial charge in [-0.05, 0) is 31.5 Å². The Morgan fingerprint density at radius 1 is 1.39 bits per heavy atom. The maximum absolute atomic E-state index is 12.2. The zero-order valence-corrected chi connectivity index (χ0v) is 11.6. The standard InChI is InChI=1S/C13H19N3OS/c1-13(2,8-15)16-10-5-9(6-14)3-4-11(10)18-7-12(16)17/h3-5H,6-8,14-15H2,1-2H3. The van der Waals surface area contributed by atoms with E-state index in [1.54, 1.807) is 11.8 Å². The molecule has 1 aliphatic rings. The first kappa shape index (κ1) is 13.4. The molecule has 0 spiro atoms. The lowest BCUT2D eigenvalue weighted by Crippen LogP contribution is -2.54. The molecule has 0 bridgehead atoms. The van der Waals surface area contributed by atoms with Crippen LogP contribution in [0.25, 0.3) is 0 Å². The fraction of sp³-hybridized carbons (Fsp3) is 0.462. The number of rotatable bonds is 3. The number of hydrogen-bond acceptors (Lipinski definition) is 4. The molecule has 1 aromatic carbocycles. The molecule has 0 aromatic heterocycles. The number of fused-ring (bicyclic) bond motifs is 1. The molecule has 0 saturated heterocycles. The minimum Gasteiger partial charge on any atom is -0.328 e. The van der Waals surface area contributed by atoms with E-state index in [2.05, 4.69) is 0 Å². The first-order valence-corrected chi connectivity index (χ1v) is 6.97. The maximum atomic E-state index is 12.2. The highest BCUT2D eigenvalue weighted by atomic mass is 32.2. The van der Waals surface area contributed by atoms with Gasteiger partial charge in [-0.15, -0.1) is 11.8 Å². The number of benzene rings is 1. The summed E-state index contributed by atoms with van der Waals surface area (Å²) < 4.78 is 0. The molecule has 0 atom stereocenters. The summed E-state index contributed by atoms with van der Waals surface area (Å²) in [6.07, 6.45) is 0. The van der Waals surface area contributed by atoms with Crippen LogP contribution in [-0.4, -0.2) is 23.7 Å². The Morgan fingerprint density at radius 3 is 2.72 bits per heavy atom. The van der Waals surface area contributed by atoms with Crippen molar-refractivity contribution in [3.8, 4) is 0 Å². The molecule has 2 rings (SSSR count). The van der Waals surface area contributed by atoms with E-state index in [4.69, 9.17) is 11.5 Å². The van der Waals surface area contributed by atoms with Gasteiger partial charge in [0.2, 0.25) is 5.91 Å². The van der Waals surface area contributed by atoms with Crippen molar-refractivity contribution >= 4 is 23.4 Å². The molecular formula is C13H19N3OS. The minimum absolute atomic E-state index is 0.108. The Hall–Kier alpha value is -1.04. The number of nitrogens with zero attached hydrogens (tertiary/aromatic N) is 1. The predicted molar refractivity (Wildman–Crippen MR) is 75.7 cm³/mol. The van der Waals surface area contributed by atoms with Crippen LogP contribution in [0.15, 0.2) is 23.1 Å². The number of anilines is 1. The molecule has 0 saturated carbocycles. The summed E-state index contributed by atoms with van der Waals surface area (Å²) in [5.74, 6) is 0.579. The van der Waals surface area contributed by atoms with E-state index in [1.165, 1.54) is 0 Å². The summed E-state index contributed by atoms with van der Waals surface area (Å²) in [4.78, 5) is 15.1. The summed E-state index contributed by atoms with van der Waals surface area (Å²) in [5, 5.41) is 0. The molecule has 1 amide bonds. The number of carbonyl (C=O) groups is 1. The van der Waals surface area contributed by atoms with Crippen molar-refractivity contribution in [3.63, 3.8) is 0 Å². The lowest BCUT2D eigenvalue weighted by Gasteiger charge is -2.41. The molecule has 4 N–H and O–H groups in total. The van der Waals surface area contributed by atoms with Crippen LogP contribution in [0.1, 0.15) is 19.4 Å². The molecule has 0 radical (unpaired) electrons. The van der Waals surface area contributed by atoms with Gasteiger partial charge in [0.05, 0.1) is 17.0 Å². The van der Waals surface area contributed by atoms with Crippen LogP contribution in [0.4, 0.5) is 5.69 Å². The Balaban J connectivity index is 2.52. The van der Waals surface area contributed by atoms with Crippen molar-refractivity contribution in [1.82, 2.24) is 0 Å². The van der Waals surface area contributed by atoms with Crippen molar-refractivity contribution in [2.45, 2.75) is 30.8 Å². The van der Waals surface area contributed by atoms with Crippen LogP contribution in [0.2, 0.25) is 0 Å². The lowest BCUT2D eigenvalue weighted by molar-refractivity contribution is -0.117. The molecule has 1 heterocycles. The number of thioether (sulfide) groups is 1. The molecule has 4 nitrogen and oxygen atoms in total. The normalized spacial score (nSPS) is 15.8. The summed E-state index contributed by atoms with van der Waals surface area (Å²) >= 11 is 1.57. The quantitative estimate of drug-likeness (QED) is 0.864. The second kappa shape index (κ2) is 4.91. The zero-order valence-electron chi connectivity index (χ0n) is 10.8. The van der Waals surface area contributed by atoms with Gasteiger partial charge in [-0.25, -0.2) is 0 Å². The van der Waals surface area contributed by atoms with Crippen molar-refractivity contribution in [2.75, 3.05) is 17.2 Å². The molecule has 0 fully saturated rings. The van der Waals surface area contributed by atoms with Gasteiger partial charge in [-0.3, -0.25) is 4.79 Å². The van der Waals surface area contributed by atoms with Crippen LogP contribution < -0.4 is 16.4 Å². The summed E-state index contributed by atoms with van der Waals surface area (Å²) in [6, 6.07) is 6.04. The highest BCUT2D eigenvalue weighted by Gasteiger charge is 2.35. The smallest absolute Gasteiger partial charge is 0.237 e. The van der Waals surface area contributed by atoms with E-state index < -0.39 is 0 Å². The molecule has 5 heteroatoms. The third kappa shape index (κ3) is 2.25. The van der Waals surface area contributed by atoms with Crippen LogP contribution in [-0.2, 0) is 11.3 Å². The molecule has 1 aromatic rings. The molecular weight excluding hydrogens is 246 g/mol. The molecule has 1 aliphatic heterocycles. The van der Waals surface area contributed by atoms with Gasteiger partial charge in [0.1, 0.15) is 0 Å². The van der Waals surface area contributed by atoms with E-state index in [-0.39, 0.29) is 11.4 Å². The average Bonchev–Trinajstić information content (AvgIpc) is 2.37. The van der Waals surface area contributed by atoms with Crippen LogP contribution in [0.3, 0.4) is 0 Å². The monoisotopic (exact) mass is 265 g/mol. The molecule has 98 valence electrons. The lowest BCUT2D eigenvalue weighted by atomic mass is 10.0. The second-order valence-electron chi connectivity index (χ2n) is 5.04. The number of hydrogen-bond donors (Lipinski definition) is 2. The molecule has 0 unspecified atom stereocenters. The predicted octanol–water partition coefficient (Wildman–Crippen LogP) is 1.32. The Morgan fingerprint density at radius 2 is 2.11 bits per heavy atom. The van der Waals surface area contributed by atoms with E-state index >= 15 is 0 Å². The van der Waals surface area contributed by atoms with Crippen LogP contribution >= 0.6 is 11.8 Å². The van der Waals surface area contributed by atoms with Gasteiger partial charge >= 0.3 is 0 Å². The Bertz CT molecular complexity index is 473. The molecule has 0 aliphatic carbocycles. The Labute approximate surface area is 112 Å².